The molecular weight excluding hydrogens is 290 g/mol. The van der Waals surface area contributed by atoms with Crippen LogP contribution >= 0.6 is 12.2 Å². The normalized spacial score (nSPS) is 10.8. The first-order valence-electron chi connectivity index (χ1n) is 6.22. The van der Waals surface area contributed by atoms with Gasteiger partial charge in [0.1, 0.15) is 0 Å². The molecule has 6 heteroatoms. The topological polar surface area (TPSA) is 48.0 Å². The van der Waals surface area contributed by atoms with Gasteiger partial charge in [0.05, 0.1) is 14.2 Å². The van der Waals surface area contributed by atoms with Crippen molar-refractivity contribution in [1.82, 2.24) is 4.90 Å². The van der Waals surface area contributed by atoms with Crippen LogP contribution in [-0.4, -0.2) is 44.4 Å². The molecule has 1 rings (SSSR count). The van der Waals surface area contributed by atoms with Gasteiger partial charge in [0.15, 0.2) is 11.5 Å². The molecule has 1 aromatic rings. The molecule has 0 aliphatic carbocycles. The smallest absolute Gasteiger partial charge is 0.330 e. The SMILES string of the molecule is COC(=O)C=C(C)c1ccc(OC(=S)N(C)C)c(OC)c1. The van der Waals surface area contributed by atoms with Gasteiger partial charge in [0, 0.05) is 20.2 Å². The van der Waals surface area contributed by atoms with Gasteiger partial charge in [-0.05, 0) is 42.4 Å². The van der Waals surface area contributed by atoms with Crippen LogP contribution in [0.4, 0.5) is 0 Å². The first kappa shape index (κ1) is 17.0. The van der Waals surface area contributed by atoms with Gasteiger partial charge in [-0.15, -0.1) is 0 Å². The highest BCUT2D eigenvalue weighted by Crippen LogP contribution is 2.31. The molecule has 0 radical (unpaired) electrons. The van der Waals surface area contributed by atoms with Gasteiger partial charge >= 0.3 is 5.97 Å². The number of carbonyl (C=O) groups is 1. The third kappa shape index (κ3) is 4.75. The lowest BCUT2D eigenvalue weighted by atomic mass is 10.1. The standard InChI is InChI=1S/C15H19NO4S/c1-10(8-14(17)19-5)11-6-7-12(13(9-11)18-4)20-15(21)16(2)3/h6-9H,1-5H3. The lowest BCUT2D eigenvalue weighted by Gasteiger charge is -2.16. The molecule has 0 unspecified atom stereocenters. The number of allylic oxidation sites excluding steroid dienone is 1. The minimum atomic E-state index is -0.402. The number of hydrogen-bond donors (Lipinski definition) is 0. The highest BCUT2D eigenvalue weighted by atomic mass is 32.1. The summed E-state index contributed by atoms with van der Waals surface area (Å²) in [7, 11) is 6.48. The minimum Gasteiger partial charge on any atom is -0.493 e. The molecule has 0 saturated carbocycles. The van der Waals surface area contributed by atoms with Gasteiger partial charge in [0.25, 0.3) is 5.17 Å². The first-order chi connectivity index (χ1) is 9.88. The van der Waals surface area contributed by atoms with Crippen LogP contribution in [0.5, 0.6) is 11.5 Å². The summed E-state index contributed by atoms with van der Waals surface area (Å²) in [6.07, 6.45) is 1.42. The number of ether oxygens (including phenoxy) is 3. The van der Waals surface area contributed by atoms with Crippen molar-refractivity contribution in [2.45, 2.75) is 6.92 Å². The van der Waals surface area contributed by atoms with Gasteiger partial charge in [-0.25, -0.2) is 4.79 Å². The summed E-state index contributed by atoms with van der Waals surface area (Å²) in [5.74, 6) is 0.653. The first-order valence-corrected chi connectivity index (χ1v) is 6.63. The Morgan fingerprint density at radius 1 is 1.24 bits per heavy atom. The monoisotopic (exact) mass is 309 g/mol. The molecule has 0 heterocycles. The van der Waals surface area contributed by atoms with E-state index in [1.165, 1.54) is 13.2 Å². The van der Waals surface area contributed by atoms with Gasteiger partial charge in [0.2, 0.25) is 0 Å². The van der Waals surface area contributed by atoms with E-state index < -0.39 is 5.97 Å². The van der Waals surface area contributed by atoms with Crippen molar-refractivity contribution in [2.75, 3.05) is 28.3 Å². The van der Waals surface area contributed by atoms with E-state index >= 15 is 0 Å². The molecule has 1 aromatic carbocycles. The zero-order valence-electron chi connectivity index (χ0n) is 12.8. The van der Waals surface area contributed by atoms with E-state index in [1.807, 2.05) is 13.0 Å². The number of carbonyl (C=O) groups excluding carboxylic acids is 1. The van der Waals surface area contributed by atoms with Crippen molar-refractivity contribution in [3.8, 4) is 11.5 Å². The van der Waals surface area contributed by atoms with Crippen LogP contribution in [0.1, 0.15) is 12.5 Å². The van der Waals surface area contributed by atoms with E-state index in [-0.39, 0.29) is 0 Å². The number of rotatable bonds is 4. The average molecular weight is 309 g/mol. The summed E-state index contributed by atoms with van der Waals surface area (Å²) in [6, 6.07) is 5.35. The molecule has 0 amide bonds. The van der Waals surface area contributed by atoms with Crippen molar-refractivity contribution >= 4 is 28.9 Å². The lowest BCUT2D eigenvalue weighted by molar-refractivity contribution is -0.134. The van der Waals surface area contributed by atoms with E-state index in [4.69, 9.17) is 21.7 Å². The van der Waals surface area contributed by atoms with E-state index in [0.29, 0.717) is 16.7 Å². The number of methoxy groups -OCH3 is 2. The summed E-state index contributed by atoms with van der Waals surface area (Å²) in [5.41, 5.74) is 1.60. The zero-order valence-corrected chi connectivity index (χ0v) is 13.6. The molecule has 0 aromatic heterocycles. The molecule has 0 spiro atoms. The van der Waals surface area contributed by atoms with Crippen LogP contribution in [0.2, 0.25) is 0 Å². The third-order valence-corrected chi connectivity index (χ3v) is 3.17. The van der Waals surface area contributed by atoms with Crippen LogP contribution in [0.15, 0.2) is 24.3 Å². The fraction of sp³-hybridized carbons (Fsp3) is 0.333. The van der Waals surface area contributed by atoms with E-state index in [1.54, 1.807) is 38.2 Å². The largest absolute Gasteiger partial charge is 0.493 e. The molecule has 0 saturated heterocycles. The molecule has 0 bridgehead atoms. The third-order valence-electron chi connectivity index (χ3n) is 2.72. The Labute approximate surface area is 130 Å². The summed E-state index contributed by atoms with van der Waals surface area (Å²) >= 11 is 5.10. The second-order valence-electron chi connectivity index (χ2n) is 4.48. The number of benzene rings is 1. The predicted octanol–water partition coefficient (Wildman–Crippen LogP) is 2.50. The Morgan fingerprint density at radius 3 is 2.43 bits per heavy atom. The van der Waals surface area contributed by atoms with Gasteiger partial charge in [-0.2, -0.15) is 0 Å². The quantitative estimate of drug-likeness (QED) is 0.484. The summed E-state index contributed by atoms with van der Waals surface area (Å²) in [4.78, 5) is 12.9. The van der Waals surface area contributed by atoms with Gasteiger partial charge < -0.3 is 19.1 Å². The number of hydrogen-bond acceptors (Lipinski definition) is 5. The summed E-state index contributed by atoms with van der Waals surface area (Å²) in [5, 5.41) is 0.336. The Hall–Kier alpha value is -2.08. The predicted molar refractivity (Wildman–Crippen MR) is 85.6 cm³/mol. The van der Waals surface area contributed by atoms with E-state index in [2.05, 4.69) is 4.74 Å². The maximum Gasteiger partial charge on any atom is 0.330 e. The molecule has 0 atom stereocenters. The number of nitrogens with zero attached hydrogens (tertiary/aromatic N) is 1. The minimum absolute atomic E-state index is 0.336. The molecule has 0 aliphatic heterocycles. The van der Waals surface area contributed by atoms with Crippen LogP contribution in [0.3, 0.4) is 0 Å². The average Bonchev–Trinajstić information content (AvgIpc) is 2.46. The van der Waals surface area contributed by atoms with Crippen molar-refractivity contribution in [1.29, 1.82) is 0 Å². The van der Waals surface area contributed by atoms with Crippen molar-refractivity contribution in [2.24, 2.45) is 0 Å². The molecular formula is C15H19NO4S. The highest BCUT2D eigenvalue weighted by molar-refractivity contribution is 7.80. The van der Waals surface area contributed by atoms with Gasteiger partial charge in [-0.3, -0.25) is 0 Å². The summed E-state index contributed by atoms with van der Waals surface area (Å²) < 4.78 is 15.5. The summed E-state index contributed by atoms with van der Waals surface area (Å²) in [6.45, 7) is 1.82. The second-order valence-corrected chi connectivity index (χ2v) is 4.83. The maximum atomic E-state index is 11.3. The molecule has 0 fully saturated rings. The molecule has 114 valence electrons. The van der Waals surface area contributed by atoms with Crippen molar-refractivity contribution in [3.63, 3.8) is 0 Å². The second kappa shape index (κ2) is 7.64. The van der Waals surface area contributed by atoms with E-state index in [0.717, 1.165) is 11.1 Å². The Balaban J connectivity index is 3.06. The number of esters is 1. The molecule has 0 aliphatic rings. The van der Waals surface area contributed by atoms with Crippen molar-refractivity contribution in [3.05, 3.63) is 29.8 Å². The molecule has 0 N–H and O–H groups in total. The fourth-order valence-electron chi connectivity index (χ4n) is 1.50. The van der Waals surface area contributed by atoms with E-state index in [9.17, 15) is 4.79 Å². The zero-order chi connectivity index (χ0) is 16.0. The highest BCUT2D eigenvalue weighted by Gasteiger charge is 2.11. The Morgan fingerprint density at radius 2 is 1.90 bits per heavy atom. The van der Waals surface area contributed by atoms with Crippen LogP contribution < -0.4 is 9.47 Å². The van der Waals surface area contributed by atoms with Gasteiger partial charge in [-0.1, -0.05) is 6.07 Å². The van der Waals surface area contributed by atoms with Crippen molar-refractivity contribution < 1.29 is 19.0 Å². The number of thiocarbonyl (C=S) groups is 1. The molecule has 5 nitrogen and oxygen atoms in total. The lowest BCUT2D eigenvalue weighted by Crippen LogP contribution is -2.25. The van der Waals surface area contributed by atoms with Crippen LogP contribution in [0.25, 0.3) is 5.57 Å². The Kier molecular flexibility index (Phi) is 6.17. The van der Waals surface area contributed by atoms with Crippen LogP contribution in [0, 0.1) is 0 Å². The maximum absolute atomic E-state index is 11.3. The molecule has 21 heavy (non-hydrogen) atoms. The Bertz CT molecular complexity index is 567. The van der Waals surface area contributed by atoms with Crippen LogP contribution in [-0.2, 0) is 9.53 Å². The fourth-order valence-corrected chi connectivity index (χ4v) is 1.59.